The largest absolute Gasteiger partial charge is 0.573 e. The van der Waals surface area contributed by atoms with Crippen molar-refractivity contribution in [1.29, 1.82) is 0 Å². The van der Waals surface area contributed by atoms with Crippen LogP contribution in [0.2, 0.25) is 5.02 Å². The van der Waals surface area contributed by atoms with E-state index in [9.17, 15) is 32.3 Å². The zero-order valence-electron chi connectivity index (χ0n) is 22.0. The molecule has 2 fully saturated rings. The van der Waals surface area contributed by atoms with Gasteiger partial charge in [-0.25, -0.2) is 9.59 Å². The van der Waals surface area contributed by atoms with Crippen LogP contribution in [0.3, 0.4) is 0 Å². The second-order valence-electron chi connectivity index (χ2n) is 10.5. The quantitative estimate of drug-likeness (QED) is 0.372. The lowest BCUT2D eigenvalue weighted by Crippen LogP contribution is -2.68. The van der Waals surface area contributed by atoms with Crippen molar-refractivity contribution in [2.24, 2.45) is 5.41 Å². The van der Waals surface area contributed by atoms with E-state index in [1.54, 1.807) is 27.7 Å². The Kier molecular flexibility index (Phi) is 9.18. The van der Waals surface area contributed by atoms with Gasteiger partial charge in [0.25, 0.3) is 5.91 Å². The van der Waals surface area contributed by atoms with Gasteiger partial charge < -0.3 is 19.5 Å². The monoisotopic (exact) mass is 578 g/mol. The normalized spacial score (nSPS) is 21.7. The van der Waals surface area contributed by atoms with Gasteiger partial charge in [0.05, 0.1) is 30.1 Å². The Labute approximate surface area is 228 Å². The standard InChI is InChI=1S/C25H31ClF3N3O7/c1-5-37-16-13-17(33)38-21(16)31-23(36)32(11-6-7-12-32)22(35)19(24(2,3)4)30-20(34)14-9-8-10-15(18(14)26)39-25(27,28)29/h8-10,16,19,21H,5-7,11-13H2,1-4H3,(H-,30,31,34,36)/p+1/t16-,19+,21+/m0/s1. The molecule has 0 unspecified atom stereocenters. The van der Waals surface area contributed by atoms with Crippen molar-refractivity contribution in [1.82, 2.24) is 10.6 Å². The molecule has 2 aliphatic heterocycles. The fourth-order valence-electron chi connectivity index (χ4n) is 4.66. The van der Waals surface area contributed by atoms with Gasteiger partial charge in [0, 0.05) is 19.4 Å². The minimum Gasteiger partial charge on any atom is -0.439 e. The van der Waals surface area contributed by atoms with Gasteiger partial charge in [0.1, 0.15) is 11.9 Å². The third-order valence-corrected chi connectivity index (χ3v) is 6.96. The summed E-state index contributed by atoms with van der Waals surface area (Å²) in [5.41, 5.74) is -1.25. The Morgan fingerprint density at radius 3 is 2.38 bits per heavy atom. The van der Waals surface area contributed by atoms with Crippen LogP contribution in [0.25, 0.3) is 0 Å². The highest BCUT2D eigenvalue weighted by atomic mass is 35.5. The van der Waals surface area contributed by atoms with E-state index in [-0.39, 0.29) is 31.7 Å². The molecule has 216 valence electrons. The molecule has 2 N–H and O–H groups in total. The molecule has 2 saturated heterocycles. The number of benzene rings is 1. The van der Waals surface area contributed by atoms with Crippen LogP contribution in [0.1, 0.15) is 57.3 Å². The SMILES string of the molecule is CCO[C@H]1CC(=O)O[C@H]1NC(=O)[N+]1(C(=O)[C@@H](NC(=O)c2cccc(OC(F)(F)F)c2Cl)C(C)(C)C)CCCC1. The molecule has 4 amide bonds. The highest BCUT2D eigenvalue weighted by Gasteiger charge is 2.55. The second kappa shape index (κ2) is 11.7. The van der Waals surface area contributed by atoms with Gasteiger partial charge in [-0.2, -0.15) is 4.48 Å². The van der Waals surface area contributed by atoms with Crippen LogP contribution in [0.15, 0.2) is 18.2 Å². The molecule has 3 rings (SSSR count). The first-order valence-corrected chi connectivity index (χ1v) is 12.9. The number of carbonyl (C=O) groups excluding carboxylic acids is 4. The number of imide groups is 1. The number of alkyl halides is 3. The number of ether oxygens (including phenoxy) is 3. The van der Waals surface area contributed by atoms with Gasteiger partial charge in [-0.05, 0) is 24.5 Å². The summed E-state index contributed by atoms with van der Waals surface area (Å²) >= 11 is 6.05. The number of quaternary nitrogens is 1. The Hall–Kier alpha value is -2.90. The molecule has 1 aromatic rings. The Balaban J connectivity index is 1.88. The van der Waals surface area contributed by atoms with Crippen molar-refractivity contribution < 1.29 is 51.0 Å². The number of nitrogens with one attached hydrogen (secondary N) is 2. The summed E-state index contributed by atoms with van der Waals surface area (Å²) in [7, 11) is 0. The number of halogens is 4. The second-order valence-corrected chi connectivity index (χ2v) is 10.8. The van der Waals surface area contributed by atoms with Crippen molar-refractivity contribution in [2.45, 2.75) is 71.7 Å². The number of carbonyl (C=O) groups is 4. The fraction of sp³-hybridized carbons (Fsp3) is 0.600. The Morgan fingerprint density at radius 1 is 1.18 bits per heavy atom. The first-order valence-electron chi connectivity index (χ1n) is 12.5. The number of likely N-dealkylation sites (tertiary alicyclic amines) is 1. The topological polar surface area (TPSA) is 120 Å². The summed E-state index contributed by atoms with van der Waals surface area (Å²) in [5.74, 6) is -2.86. The van der Waals surface area contributed by atoms with Gasteiger partial charge in [0.15, 0.2) is 6.04 Å². The summed E-state index contributed by atoms with van der Waals surface area (Å²) in [6.07, 6.45) is -5.78. The van der Waals surface area contributed by atoms with E-state index < -0.39 is 69.2 Å². The van der Waals surface area contributed by atoms with Crippen molar-refractivity contribution in [3.8, 4) is 5.75 Å². The molecule has 14 heteroatoms. The third kappa shape index (κ3) is 7.00. The molecule has 0 radical (unpaired) electrons. The van der Waals surface area contributed by atoms with Crippen LogP contribution in [0.4, 0.5) is 18.0 Å². The van der Waals surface area contributed by atoms with E-state index in [4.69, 9.17) is 21.1 Å². The van der Waals surface area contributed by atoms with Crippen LogP contribution in [-0.2, 0) is 19.1 Å². The van der Waals surface area contributed by atoms with Crippen molar-refractivity contribution in [3.05, 3.63) is 28.8 Å². The van der Waals surface area contributed by atoms with Gasteiger partial charge in [-0.3, -0.25) is 14.9 Å². The van der Waals surface area contributed by atoms with Crippen LogP contribution in [-0.4, -0.2) is 72.7 Å². The summed E-state index contributed by atoms with van der Waals surface area (Å²) in [4.78, 5) is 52.7. The lowest BCUT2D eigenvalue weighted by atomic mass is 9.85. The molecule has 3 atom stereocenters. The lowest BCUT2D eigenvalue weighted by molar-refractivity contribution is -0.761. The number of cyclic esters (lactones) is 1. The van der Waals surface area contributed by atoms with Crippen LogP contribution >= 0.6 is 11.6 Å². The minimum absolute atomic E-state index is 0.0503. The van der Waals surface area contributed by atoms with E-state index in [0.717, 1.165) is 12.1 Å². The van der Waals surface area contributed by atoms with E-state index in [1.807, 2.05) is 0 Å². The number of hydrogen-bond acceptors (Lipinski definition) is 7. The maximum atomic E-state index is 14.1. The molecule has 0 bridgehead atoms. The highest BCUT2D eigenvalue weighted by molar-refractivity contribution is 6.35. The third-order valence-electron chi connectivity index (χ3n) is 6.57. The van der Waals surface area contributed by atoms with Crippen molar-refractivity contribution in [2.75, 3.05) is 19.7 Å². The lowest BCUT2D eigenvalue weighted by Gasteiger charge is -2.37. The van der Waals surface area contributed by atoms with Crippen LogP contribution in [0, 0.1) is 5.41 Å². The molecule has 10 nitrogen and oxygen atoms in total. The summed E-state index contributed by atoms with van der Waals surface area (Å²) in [6.45, 7) is 7.32. The number of rotatable bonds is 7. The molecule has 0 spiro atoms. The molecule has 1 aromatic carbocycles. The zero-order chi connectivity index (χ0) is 29.2. The summed E-state index contributed by atoms with van der Waals surface area (Å²) in [6, 6.07) is 1.37. The smallest absolute Gasteiger partial charge is 0.439 e. The predicted molar refractivity (Wildman–Crippen MR) is 132 cm³/mol. The average molecular weight is 579 g/mol. The molecule has 39 heavy (non-hydrogen) atoms. The fourth-order valence-corrected chi connectivity index (χ4v) is 4.91. The van der Waals surface area contributed by atoms with Crippen LogP contribution < -0.4 is 15.4 Å². The van der Waals surface area contributed by atoms with E-state index in [2.05, 4.69) is 15.4 Å². The maximum absolute atomic E-state index is 14.1. The number of esters is 1. The number of hydrogen-bond donors (Lipinski definition) is 2. The van der Waals surface area contributed by atoms with Crippen LogP contribution in [0.5, 0.6) is 5.75 Å². The summed E-state index contributed by atoms with van der Waals surface area (Å²) < 4.78 is 52.2. The minimum atomic E-state index is -5.03. The van der Waals surface area contributed by atoms with Gasteiger partial charge in [0.2, 0.25) is 6.23 Å². The van der Waals surface area contributed by atoms with E-state index in [1.165, 1.54) is 6.07 Å². The molecular weight excluding hydrogens is 547 g/mol. The maximum Gasteiger partial charge on any atom is 0.573 e. The zero-order valence-corrected chi connectivity index (χ0v) is 22.8. The van der Waals surface area contributed by atoms with Gasteiger partial charge in [-0.15, -0.1) is 13.2 Å². The Morgan fingerprint density at radius 2 is 1.82 bits per heavy atom. The number of nitrogens with zero attached hydrogens (tertiary/aromatic N) is 1. The van der Waals surface area contributed by atoms with E-state index in [0.29, 0.717) is 12.8 Å². The van der Waals surface area contributed by atoms with Gasteiger partial charge >= 0.3 is 24.3 Å². The predicted octanol–water partition coefficient (Wildman–Crippen LogP) is 3.91. The Bertz CT molecular complexity index is 1120. The molecular formula is C25H32ClF3N3O7+. The first-order chi connectivity index (χ1) is 18.1. The molecule has 2 heterocycles. The molecule has 0 aromatic heterocycles. The average Bonchev–Trinajstić information content (AvgIpc) is 3.44. The first kappa shape index (κ1) is 30.6. The molecule has 0 aliphatic carbocycles. The molecule has 2 aliphatic rings. The molecule has 0 saturated carbocycles. The van der Waals surface area contributed by atoms with Crippen molar-refractivity contribution >= 4 is 35.4 Å². The number of urea groups is 1. The summed E-state index contributed by atoms with van der Waals surface area (Å²) in [5, 5.41) is 4.62. The highest BCUT2D eigenvalue weighted by Crippen LogP contribution is 2.34. The van der Waals surface area contributed by atoms with E-state index >= 15 is 0 Å². The van der Waals surface area contributed by atoms with Crippen molar-refractivity contribution in [3.63, 3.8) is 0 Å². The van der Waals surface area contributed by atoms with Gasteiger partial charge in [-0.1, -0.05) is 38.4 Å². The number of amides is 4.